The van der Waals surface area contributed by atoms with E-state index in [1.54, 1.807) is 30.3 Å². The van der Waals surface area contributed by atoms with Crippen molar-refractivity contribution < 1.29 is 18.7 Å². The summed E-state index contributed by atoms with van der Waals surface area (Å²) in [6.07, 6.45) is -0.137. The minimum absolute atomic E-state index is 0.137. The molecule has 0 aliphatic rings. The molecule has 0 spiro atoms. The Morgan fingerprint density at radius 1 is 1.12 bits per heavy atom. The number of amides is 2. The van der Waals surface area contributed by atoms with Crippen molar-refractivity contribution >= 4 is 35.0 Å². The molecule has 0 saturated carbocycles. The topological polar surface area (TPSA) is 113 Å². The van der Waals surface area contributed by atoms with Gasteiger partial charge in [0.25, 0.3) is 5.56 Å². The van der Waals surface area contributed by atoms with Gasteiger partial charge in [-0.3, -0.25) is 14.4 Å². The van der Waals surface area contributed by atoms with Gasteiger partial charge in [-0.25, -0.2) is 9.37 Å². The van der Waals surface area contributed by atoms with E-state index >= 15 is 0 Å². The molecule has 0 radical (unpaired) electrons. The van der Waals surface area contributed by atoms with Crippen LogP contribution in [0.2, 0.25) is 0 Å². The average Bonchev–Trinajstić information content (AvgIpc) is 2.72. The van der Waals surface area contributed by atoms with Crippen molar-refractivity contribution in [1.29, 1.82) is 0 Å². The summed E-state index contributed by atoms with van der Waals surface area (Å²) >= 11 is 1.27. The summed E-state index contributed by atoms with van der Waals surface area (Å²) in [6.45, 7) is 1.38. The number of hydrogen-bond donors (Lipinski definition) is 3. The Hall–Kier alpha value is -3.66. The molecule has 0 atom stereocenters. The van der Waals surface area contributed by atoms with Crippen molar-refractivity contribution in [2.45, 2.75) is 24.3 Å². The zero-order valence-corrected chi connectivity index (χ0v) is 18.2. The number of anilines is 2. The Bertz CT molecular complexity index is 1180. The molecule has 2 amide bonds. The number of halogens is 1. The van der Waals surface area contributed by atoms with Crippen LogP contribution in [0.25, 0.3) is 0 Å². The summed E-state index contributed by atoms with van der Waals surface area (Å²) in [6, 6.07) is 12.1. The van der Waals surface area contributed by atoms with Gasteiger partial charge in [0.1, 0.15) is 11.6 Å². The summed E-state index contributed by atoms with van der Waals surface area (Å²) in [5.41, 5.74) is 1.66. The molecule has 8 nitrogen and oxygen atoms in total. The number of H-pyrrole nitrogens is 1. The Kier molecular flexibility index (Phi) is 7.61. The maximum absolute atomic E-state index is 13.0. The van der Waals surface area contributed by atoms with E-state index in [4.69, 9.17) is 4.74 Å². The summed E-state index contributed by atoms with van der Waals surface area (Å²) in [5.74, 6) is -0.0764. The highest BCUT2D eigenvalue weighted by atomic mass is 32.2. The Morgan fingerprint density at radius 2 is 1.88 bits per heavy atom. The number of nitrogens with one attached hydrogen (secondary N) is 3. The number of aromatic amines is 1. The molecule has 0 bridgehead atoms. The summed E-state index contributed by atoms with van der Waals surface area (Å²) in [4.78, 5) is 42.8. The van der Waals surface area contributed by atoms with Gasteiger partial charge in [0.15, 0.2) is 5.16 Å². The van der Waals surface area contributed by atoms with Crippen molar-refractivity contribution in [3.8, 4) is 5.75 Å². The van der Waals surface area contributed by atoms with Crippen molar-refractivity contribution in [3.05, 3.63) is 76.0 Å². The van der Waals surface area contributed by atoms with Gasteiger partial charge < -0.3 is 20.4 Å². The van der Waals surface area contributed by atoms with Crippen LogP contribution in [-0.2, 0) is 21.8 Å². The fourth-order valence-corrected chi connectivity index (χ4v) is 3.67. The number of nitrogens with zero attached hydrogens (tertiary/aromatic N) is 1. The molecule has 0 saturated heterocycles. The standard InChI is InChI=1S/C22H21FN4O4S/c1-13(28)24-16-7-8-19(31-2)18(9-16)26-20(29)10-17-11-21(30)27-22(25-17)32-12-14-3-5-15(23)6-4-14/h3-9,11H,10,12H2,1-2H3,(H,24,28)(H,26,29)(H,25,27,30). The van der Waals surface area contributed by atoms with E-state index in [0.29, 0.717) is 33.7 Å². The van der Waals surface area contributed by atoms with Gasteiger partial charge in [-0.05, 0) is 35.9 Å². The highest BCUT2D eigenvalue weighted by Crippen LogP contribution is 2.28. The monoisotopic (exact) mass is 456 g/mol. The van der Waals surface area contributed by atoms with Crippen LogP contribution in [0.15, 0.2) is 58.5 Å². The molecule has 32 heavy (non-hydrogen) atoms. The number of carbonyl (C=O) groups is 2. The first-order chi connectivity index (χ1) is 15.3. The lowest BCUT2D eigenvalue weighted by molar-refractivity contribution is -0.116. The first-order valence-corrected chi connectivity index (χ1v) is 10.5. The van der Waals surface area contributed by atoms with Crippen molar-refractivity contribution in [2.24, 2.45) is 0 Å². The molecule has 3 N–H and O–H groups in total. The number of hydrogen-bond acceptors (Lipinski definition) is 6. The molecule has 0 fully saturated rings. The molecule has 0 aliphatic carbocycles. The molecule has 3 rings (SSSR count). The molecule has 3 aromatic rings. The first-order valence-electron chi connectivity index (χ1n) is 9.55. The van der Waals surface area contributed by atoms with E-state index in [-0.39, 0.29) is 23.7 Å². The molecule has 1 aromatic heterocycles. The molecular weight excluding hydrogens is 435 g/mol. The van der Waals surface area contributed by atoms with Crippen LogP contribution in [0.5, 0.6) is 5.75 Å². The van der Waals surface area contributed by atoms with Crippen LogP contribution in [0.4, 0.5) is 15.8 Å². The largest absolute Gasteiger partial charge is 0.495 e. The third kappa shape index (κ3) is 6.67. The van der Waals surface area contributed by atoms with Crippen LogP contribution >= 0.6 is 11.8 Å². The summed E-state index contributed by atoms with van der Waals surface area (Å²) < 4.78 is 18.3. The lowest BCUT2D eigenvalue weighted by atomic mass is 10.2. The third-order valence-electron chi connectivity index (χ3n) is 4.20. The number of aromatic nitrogens is 2. The van der Waals surface area contributed by atoms with E-state index in [0.717, 1.165) is 5.56 Å². The molecule has 2 aromatic carbocycles. The predicted octanol–water partition coefficient (Wildman–Crippen LogP) is 3.35. The minimum atomic E-state index is -0.407. The van der Waals surface area contributed by atoms with Crippen LogP contribution < -0.4 is 20.9 Å². The number of ether oxygens (including phenoxy) is 1. The first kappa shape index (κ1) is 23.0. The van der Waals surface area contributed by atoms with E-state index in [1.165, 1.54) is 44.0 Å². The van der Waals surface area contributed by atoms with Crippen molar-refractivity contribution in [2.75, 3.05) is 17.7 Å². The molecule has 0 aliphatic heterocycles. The van der Waals surface area contributed by atoms with Gasteiger partial charge in [-0.15, -0.1) is 0 Å². The van der Waals surface area contributed by atoms with E-state index in [2.05, 4.69) is 20.6 Å². The fraction of sp³-hybridized carbons (Fsp3) is 0.182. The van der Waals surface area contributed by atoms with Crippen LogP contribution in [0, 0.1) is 5.82 Å². The predicted molar refractivity (Wildman–Crippen MR) is 120 cm³/mol. The lowest BCUT2D eigenvalue weighted by Gasteiger charge is -2.12. The van der Waals surface area contributed by atoms with Gasteiger partial charge in [0, 0.05) is 24.4 Å². The third-order valence-corrected chi connectivity index (χ3v) is 5.14. The highest BCUT2D eigenvalue weighted by Gasteiger charge is 2.12. The van der Waals surface area contributed by atoms with Crippen molar-refractivity contribution in [1.82, 2.24) is 9.97 Å². The molecule has 0 unspecified atom stereocenters. The number of thioether (sulfide) groups is 1. The van der Waals surface area contributed by atoms with Crippen molar-refractivity contribution in [3.63, 3.8) is 0 Å². The lowest BCUT2D eigenvalue weighted by Crippen LogP contribution is -2.19. The number of rotatable bonds is 8. The maximum atomic E-state index is 13.0. The Balaban J connectivity index is 1.69. The maximum Gasteiger partial charge on any atom is 0.251 e. The summed E-state index contributed by atoms with van der Waals surface area (Å²) in [7, 11) is 1.46. The second-order valence-electron chi connectivity index (χ2n) is 6.78. The van der Waals surface area contributed by atoms with Gasteiger partial charge >= 0.3 is 0 Å². The van der Waals surface area contributed by atoms with Gasteiger partial charge in [-0.1, -0.05) is 23.9 Å². The van der Waals surface area contributed by atoms with Crippen LogP contribution in [-0.4, -0.2) is 28.9 Å². The fourth-order valence-electron chi connectivity index (χ4n) is 2.82. The molecule has 1 heterocycles. The van der Waals surface area contributed by atoms with E-state index < -0.39 is 5.91 Å². The highest BCUT2D eigenvalue weighted by molar-refractivity contribution is 7.98. The van der Waals surface area contributed by atoms with Gasteiger partial charge in [0.2, 0.25) is 11.8 Å². The van der Waals surface area contributed by atoms with E-state index in [1.807, 2.05) is 0 Å². The van der Waals surface area contributed by atoms with Gasteiger partial charge in [0.05, 0.1) is 24.9 Å². The molecule has 10 heteroatoms. The van der Waals surface area contributed by atoms with Crippen LogP contribution in [0.1, 0.15) is 18.2 Å². The number of benzene rings is 2. The van der Waals surface area contributed by atoms with E-state index in [9.17, 15) is 18.8 Å². The van der Waals surface area contributed by atoms with Gasteiger partial charge in [-0.2, -0.15) is 0 Å². The smallest absolute Gasteiger partial charge is 0.251 e. The minimum Gasteiger partial charge on any atom is -0.495 e. The summed E-state index contributed by atoms with van der Waals surface area (Å²) in [5, 5.41) is 5.71. The normalized spacial score (nSPS) is 10.5. The quantitative estimate of drug-likeness (QED) is 0.354. The zero-order chi connectivity index (χ0) is 23.1. The second kappa shape index (κ2) is 10.6. The Labute approximate surface area is 187 Å². The second-order valence-corrected chi connectivity index (χ2v) is 7.74. The average molecular weight is 456 g/mol. The molecular formula is C22H21FN4O4S. The Morgan fingerprint density at radius 3 is 2.56 bits per heavy atom. The zero-order valence-electron chi connectivity index (χ0n) is 17.4. The number of methoxy groups -OCH3 is 1. The van der Waals surface area contributed by atoms with Crippen LogP contribution in [0.3, 0.4) is 0 Å². The number of carbonyl (C=O) groups excluding carboxylic acids is 2. The molecule has 166 valence electrons. The SMILES string of the molecule is COc1ccc(NC(C)=O)cc1NC(=O)Cc1cc(=O)[nH]c(SCc2ccc(F)cc2)n1.